The van der Waals surface area contributed by atoms with E-state index in [0.29, 0.717) is 0 Å². The molecular formula is C64H43NO. The number of ether oxygens (including phenoxy) is 1. The van der Waals surface area contributed by atoms with E-state index in [9.17, 15) is 0 Å². The molecule has 66 heavy (non-hydrogen) atoms. The molecule has 310 valence electrons. The predicted octanol–water partition coefficient (Wildman–Crippen LogP) is 16.9. The van der Waals surface area contributed by atoms with Crippen LogP contribution >= 0.6 is 0 Å². The summed E-state index contributed by atoms with van der Waals surface area (Å²) < 4.78 is 7.20. The van der Waals surface area contributed by atoms with Crippen LogP contribution in [0.3, 0.4) is 0 Å². The molecule has 2 nitrogen and oxygen atoms in total. The topological polar surface area (TPSA) is 12.5 Å². The zero-order valence-corrected chi connectivity index (χ0v) is 36.7. The van der Waals surface area contributed by atoms with E-state index < -0.39 is 5.41 Å². The van der Waals surface area contributed by atoms with Crippen LogP contribution in [0.15, 0.2) is 224 Å². The molecule has 0 atom stereocenters. The zero-order chi connectivity index (χ0) is 43.7. The van der Waals surface area contributed by atoms with Gasteiger partial charge in [0.25, 0.3) is 0 Å². The molecule has 0 unspecified atom stereocenters. The van der Waals surface area contributed by atoms with Crippen molar-refractivity contribution in [1.29, 1.82) is 0 Å². The van der Waals surface area contributed by atoms with Crippen molar-refractivity contribution in [1.82, 2.24) is 0 Å². The van der Waals surface area contributed by atoms with E-state index in [1.54, 1.807) is 0 Å². The van der Waals surface area contributed by atoms with E-state index in [0.717, 1.165) is 61.9 Å². The normalized spacial score (nSPS) is 14.3. The Balaban J connectivity index is 1.01. The summed E-state index contributed by atoms with van der Waals surface area (Å²) in [5.41, 5.74) is 25.1. The summed E-state index contributed by atoms with van der Waals surface area (Å²) in [6, 6.07) is 83.1. The largest absolute Gasteiger partial charge is 0.456 e. The van der Waals surface area contributed by atoms with Crippen LogP contribution in [0, 0.1) is 0 Å². The van der Waals surface area contributed by atoms with Crippen LogP contribution in [0.5, 0.6) is 11.5 Å². The van der Waals surface area contributed by atoms with Gasteiger partial charge in [-0.15, -0.1) is 0 Å². The van der Waals surface area contributed by atoms with Gasteiger partial charge in [0.2, 0.25) is 0 Å². The summed E-state index contributed by atoms with van der Waals surface area (Å²) in [6.45, 7) is 4.73. The van der Waals surface area contributed by atoms with Gasteiger partial charge < -0.3 is 9.64 Å². The molecule has 2 heteroatoms. The van der Waals surface area contributed by atoms with Crippen molar-refractivity contribution in [3.8, 4) is 78.3 Å². The fraction of sp³-hybridized carbons (Fsp3) is 0.0625. The third kappa shape index (κ3) is 5.01. The monoisotopic (exact) mass is 841 g/mol. The average Bonchev–Trinajstić information content (AvgIpc) is 3.88. The van der Waals surface area contributed by atoms with Gasteiger partial charge in [-0.3, -0.25) is 0 Å². The Morgan fingerprint density at radius 3 is 1.26 bits per heavy atom. The molecule has 0 N–H and O–H groups in total. The van der Waals surface area contributed by atoms with E-state index >= 15 is 0 Å². The lowest BCUT2D eigenvalue weighted by molar-refractivity contribution is 0.488. The standard InChI is InChI=1S/C64H43NO/c1-63(2)55-24-12-8-20-47(55)51-33-29-42(37-59(51)63)65(44-31-35-54-46-19-7-6-18-45(46)53-32-28-41(40-16-4-3-5-17-40)36-61(53)66-62(54)39-44)43-30-34-52-50-23-11-15-27-58(50)64(60(52)38-43)56-25-13-9-21-48(56)49-22-10-14-26-57(49)64/h3-39H,1-2H3. The molecule has 0 fully saturated rings. The molecule has 0 radical (unpaired) electrons. The highest BCUT2D eigenvalue weighted by Crippen LogP contribution is 2.63. The maximum absolute atomic E-state index is 7.20. The highest BCUT2D eigenvalue weighted by Gasteiger charge is 2.51. The summed E-state index contributed by atoms with van der Waals surface area (Å²) in [5.74, 6) is 1.67. The zero-order valence-electron chi connectivity index (χ0n) is 36.7. The summed E-state index contributed by atoms with van der Waals surface area (Å²) in [6.07, 6.45) is 0. The van der Waals surface area contributed by atoms with Gasteiger partial charge in [-0.05, 0) is 138 Å². The van der Waals surface area contributed by atoms with Gasteiger partial charge in [0.1, 0.15) is 11.5 Å². The maximum atomic E-state index is 7.20. The first-order chi connectivity index (χ1) is 32.5. The Morgan fingerprint density at radius 2 is 0.682 bits per heavy atom. The van der Waals surface area contributed by atoms with Crippen LogP contribution in [0.1, 0.15) is 47.2 Å². The Morgan fingerprint density at radius 1 is 0.288 bits per heavy atom. The van der Waals surface area contributed by atoms with Crippen molar-refractivity contribution in [2.45, 2.75) is 24.7 Å². The second kappa shape index (κ2) is 13.7. The SMILES string of the molecule is CC1(C)c2ccccc2-c2ccc(N(c3ccc4c(c3)Oc3cc(-c5ccccc5)ccc3-c3ccccc3-4)c3ccc4c(c3)C3(c5ccccc5-c5ccccc53)c3ccccc3-4)cc21. The summed E-state index contributed by atoms with van der Waals surface area (Å²) >= 11 is 0. The van der Waals surface area contributed by atoms with E-state index in [2.05, 4.69) is 243 Å². The van der Waals surface area contributed by atoms with Crippen molar-refractivity contribution in [2.24, 2.45) is 0 Å². The lowest BCUT2D eigenvalue weighted by Crippen LogP contribution is -2.26. The van der Waals surface area contributed by atoms with Gasteiger partial charge in [-0.2, -0.15) is 0 Å². The minimum atomic E-state index is -0.469. The van der Waals surface area contributed by atoms with Gasteiger partial charge in [0.05, 0.1) is 5.41 Å². The van der Waals surface area contributed by atoms with E-state index in [-0.39, 0.29) is 5.41 Å². The molecule has 14 rings (SSSR count). The number of nitrogens with zero attached hydrogens (tertiary/aromatic N) is 1. The van der Waals surface area contributed by atoms with E-state index in [1.807, 2.05) is 0 Å². The first-order valence-electron chi connectivity index (χ1n) is 23.1. The highest BCUT2D eigenvalue weighted by molar-refractivity contribution is 5.98. The molecular weight excluding hydrogens is 799 g/mol. The molecule has 0 saturated heterocycles. The maximum Gasteiger partial charge on any atom is 0.137 e. The first-order valence-corrected chi connectivity index (χ1v) is 23.1. The van der Waals surface area contributed by atoms with Crippen molar-refractivity contribution in [3.63, 3.8) is 0 Å². The van der Waals surface area contributed by atoms with Crippen LogP contribution in [-0.2, 0) is 10.8 Å². The van der Waals surface area contributed by atoms with Crippen LogP contribution in [0.25, 0.3) is 66.8 Å². The molecule has 4 aliphatic rings. The molecule has 1 spiro atoms. The summed E-state index contributed by atoms with van der Waals surface area (Å²) in [7, 11) is 0. The fourth-order valence-electron chi connectivity index (χ4n) is 12.2. The van der Waals surface area contributed by atoms with Gasteiger partial charge >= 0.3 is 0 Å². The number of benzene rings is 10. The van der Waals surface area contributed by atoms with Crippen LogP contribution in [0.4, 0.5) is 17.1 Å². The summed E-state index contributed by atoms with van der Waals surface area (Å²) in [4.78, 5) is 2.46. The second-order valence-corrected chi connectivity index (χ2v) is 18.8. The molecule has 0 aromatic heterocycles. The van der Waals surface area contributed by atoms with Crippen LogP contribution in [-0.4, -0.2) is 0 Å². The van der Waals surface area contributed by atoms with E-state index in [1.165, 1.54) is 66.8 Å². The molecule has 1 heterocycles. The Labute approximate surface area is 385 Å². The quantitative estimate of drug-likeness (QED) is 0.175. The van der Waals surface area contributed by atoms with E-state index in [4.69, 9.17) is 4.74 Å². The fourth-order valence-corrected chi connectivity index (χ4v) is 12.2. The third-order valence-electron chi connectivity index (χ3n) is 15.1. The lowest BCUT2D eigenvalue weighted by atomic mass is 9.70. The molecule has 0 saturated carbocycles. The smallest absolute Gasteiger partial charge is 0.137 e. The molecule has 10 aromatic rings. The van der Waals surface area contributed by atoms with Crippen molar-refractivity contribution >= 4 is 17.1 Å². The number of fused-ring (bicyclic) bond motifs is 18. The average molecular weight is 842 g/mol. The lowest BCUT2D eigenvalue weighted by Gasteiger charge is -2.32. The Bertz CT molecular complexity index is 3610. The number of hydrogen-bond acceptors (Lipinski definition) is 2. The molecule has 0 bridgehead atoms. The molecule has 0 amide bonds. The first kappa shape index (κ1) is 37.2. The number of hydrogen-bond donors (Lipinski definition) is 0. The summed E-state index contributed by atoms with van der Waals surface area (Å²) in [5, 5.41) is 0. The molecule has 10 aromatic carbocycles. The van der Waals surface area contributed by atoms with Crippen molar-refractivity contribution in [2.75, 3.05) is 4.90 Å². The molecule has 1 aliphatic heterocycles. The highest BCUT2D eigenvalue weighted by atomic mass is 16.5. The van der Waals surface area contributed by atoms with Gasteiger partial charge in [0.15, 0.2) is 0 Å². The van der Waals surface area contributed by atoms with Gasteiger partial charge in [0, 0.05) is 39.7 Å². The van der Waals surface area contributed by atoms with Crippen molar-refractivity contribution < 1.29 is 4.74 Å². The minimum absolute atomic E-state index is 0.171. The minimum Gasteiger partial charge on any atom is -0.456 e. The predicted molar refractivity (Wildman–Crippen MR) is 271 cm³/mol. The number of rotatable bonds is 4. The van der Waals surface area contributed by atoms with Gasteiger partial charge in [-0.25, -0.2) is 0 Å². The Kier molecular flexibility index (Phi) is 7.70. The van der Waals surface area contributed by atoms with Crippen LogP contribution < -0.4 is 9.64 Å². The van der Waals surface area contributed by atoms with Crippen molar-refractivity contribution in [3.05, 3.63) is 258 Å². The Hall–Kier alpha value is -8.20. The van der Waals surface area contributed by atoms with Gasteiger partial charge in [-0.1, -0.05) is 184 Å². The third-order valence-corrected chi connectivity index (χ3v) is 15.1. The number of anilines is 3. The van der Waals surface area contributed by atoms with Crippen LogP contribution in [0.2, 0.25) is 0 Å². The molecule has 3 aliphatic carbocycles. The second-order valence-electron chi connectivity index (χ2n) is 18.8.